The summed E-state index contributed by atoms with van der Waals surface area (Å²) in [4.78, 5) is 0.170. The van der Waals surface area contributed by atoms with Gasteiger partial charge in [0.05, 0.1) is 11.1 Å². The van der Waals surface area contributed by atoms with Gasteiger partial charge < -0.3 is 0 Å². The molecular weight excluding hydrogens is 248 g/mol. The smallest absolute Gasteiger partial charge is 0.199 e. The van der Waals surface area contributed by atoms with Crippen molar-refractivity contribution in [2.24, 2.45) is 0 Å². The first-order valence-corrected chi connectivity index (χ1v) is 6.35. The Balaban J connectivity index is 2.56. The van der Waals surface area contributed by atoms with Crippen LogP contribution >= 0.6 is 11.6 Å². The molecule has 0 N–H and O–H groups in total. The van der Waals surface area contributed by atoms with E-state index in [1.807, 2.05) is 6.92 Å². The average molecular weight is 257 g/mol. The minimum absolute atomic E-state index is 0.0700. The monoisotopic (exact) mass is 256 g/mol. The van der Waals surface area contributed by atoms with E-state index in [0.29, 0.717) is 0 Å². The number of aromatic nitrogens is 2. The number of halogens is 1. The molecule has 0 saturated heterocycles. The summed E-state index contributed by atoms with van der Waals surface area (Å²) >= 11 is 5.73. The molecule has 6 heteroatoms. The van der Waals surface area contributed by atoms with Crippen LogP contribution in [0.3, 0.4) is 0 Å². The molecule has 0 fully saturated rings. The molecule has 4 nitrogen and oxygen atoms in total. The molecule has 0 atom stereocenters. The topological polar surface area (TPSA) is 52.0 Å². The second-order valence-corrected chi connectivity index (χ2v) is 5.47. The van der Waals surface area contributed by atoms with Gasteiger partial charge in [-0.05, 0) is 25.1 Å². The Kier molecular flexibility index (Phi) is 2.73. The minimum Gasteiger partial charge on any atom is -0.199 e. The van der Waals surface area contributed by atoms with Crippen molar-refractivity contribution in [1.29, 1.82) is 0 Å². The van der Waals surface area contributed by atoms with Gasteiger partial charge in [0.15, 0.2) is 0 Å². The Labute approximate surface area is 98.5 Å². The van der Waals surface area contributed by atoms with Crippen LogP contribution in [-0.4, -0.2) is 17.6 Å². The molecule has 0 saturated carbocycles. The first-order chi connectivity index (χ1) is 7.51. The van der Waals surface area contributed by atoms with Gasteiger partial charge in [-0.25, -0.2) is 0 Å². The third-order valence-corrected chi connectivity index (χ3v) is 4.11. The van der Waals surface area contributed by atoms with Gasteiger partial charge in [-0.2, -0.15) is 13.5 Å². The molecule has 1 aromatic heterocycles. The van der Waals surface area contributed by atoms with Crippen LogP contribution in [0, 0.1) is 6.92 Å². The van der Waals surface area contributed by atoms with Gasteiger partial charge in [0.2, 0.25) is 0 Å². The fraction of sp³-hybridized carbons (Fsp3) is 0.100. The Morgan fingerprint density at radius 3 is 2.31 bits per heavy atom. The third-order valence-electron chi connectivity index (χ3n) is 2.11. The molecule has 0 aliphatic heterocycles. The highest BCUT2D eigenvalue weighted by atomic mass is 35.5. The molecule has 2 aromatic rings. The van der Waals surface area contributed by atoms with Crippen molar-refractivity contribution >= 4 is 21.6 Å². The Bertz CT molecular complexity index is 602. The summed E-state index contributed by atoms with van der Waals surface area (Å²) in [5.41, 5.74) is 0.991. The molecule has 1 heterocycles. The lowest BCUT2D eigenvalue weighted by molar-refractivity contribution is 0.580. The van der Waals surface area contributed by atoms with Crippen LogP contribution in [0.2, 0.25) is 5.15 Å². The molecule has 0 bridgehead atoms. The molecule has 0 spiro atoms. The minimum atomic E-state index is -3.67. The Morgan fingerprint density at radius 1 is 1.19 bits per heavy atom. The van der Waals surface area contributed by atoms with Gasteiger partial charge in [-0.3, -0.25) is 0 Å². The van der Waals surface area contributed by atoms with Crippen LogP contribution in [-0.2, 0) is 10.0 Å². The van der Waals surface area contributed by atoms with Crippen LogP contribution in [0.15, 0.2) is 41.4 Å². The summed E-state index contributed by atoms with van der Waals surface area (Å²) in [6.07, 6.45) is 1.34. The van der Waals surface area contributed by atoms with Crippen LogP contribution in [0.1, 0.15) is 5.56 Å². The third kappa shape index (κ3) is 1.83. The van der Waals surface area contributed by atoms with E-state index in [0.717, 1.165) is 9.65 Å². The molecule has 2 rings (SSSR count). The number of aryl methyl sites for hydroxylation is 1. The lowest BCUT2D eigenvalue weighted by atomic mass is 10.2. The van der Waals surface area contributed by atoms with E-state index in [1.54, 1.807) is 12.1 Å². The van der Waals surface area contributed by atoms with E-state index in [9.17, 15) is 8.42 Å². The maximum absolute atomic E-state index is 12.0. The highest BCUT2D eigenvalue weighted by molar-refractivity contribution is 7.90. The maximum atomic E-state index is 12.0. The molecular formula is C10H9ClN2O2S. The lowest BCUT2D eigenvalue weighted by Crippen LogP contribution is -2.14. The summed E-state index contributed by atoms with van der Waals surface area (Å²) in [6, 6.07) is 7.94. The molecule has 0 aliphatic carbocycles. The van der Waals surface area contributed by atoms with Gasteiger partial charge in [-0.15, -0.1) is 4.09 Å². The van der Waals surface area contributed by atoms with Crippen molar-refractivity contribution in [2.75, 3.05) is 0 Å². The molecule has 0 unspecified atom stereocenters. The number of nitrogens with zero attached hydrogens (tertiary/aromatic N) is 2. The summed E-state index contributed by atoms with van der Waals surface area (Å²) in [5.74, 6) is 0. The van der Waals surface area contributed by atoms with Gasteiger partial charge in [0.1, 0.15) is 5.15 Å². The van der Waals surface area contributed by atoms with Crippen molar-refractivity contribution in [3.05, 3.63) is 47.2 Å². The van der Waals surface area contributed by atoms with E-state index in [2.05, 4.69) is 5.10 Å². The number of rotatable bonds is 2. The molecule has 1 aromatic carbocycles. The van der Waals surface area contributed by atoms with Gasteiger partial charge in [0.25, 0.3) is 10.0 Å². The molecule has 0 radical (unpaired) electrons. The SMILES string of the molecule is Cc1ccc(S(=O)(=O)n2nccc2Cl)cc1. The highest BCUT2D eigenvalue weighted by Gasteiger charge is 2.19. The van der Waals surface area contributed by atoms with Crippen LogP contribution in [0.4, 0.5) is 0 Å². The second kappa shape index (κ2) is 3.92. The van der Waals surface area contributed by atoms with Crippen molar-refractivity contribution in [3.63, 3.8) is 0 Å². The predicted molar refractivity (Wildman–Crippen MR) is 61.0 cm³/mol. The molecule has 16 heavy (non-hydrogen) atoms. The van der Waals surface area contributed by atoms with Crippen LogP contribution < -0.4 is 0 Å². The van der Waals surface area contributed by atoms with Crippen molar-refractivity contribution in [2.45, 2.75) is 11.8 Å². The van der Waals surface area contributed by atoms with E-state index < -0.39 is 10.0 Å². The Hall–Kier alpha value is -1.33. The zero-order valence-corrected chi connectivity index (χ0v) is 10.0. The average Bonchev–Trinajstić information content (AvgIpc) is 2.66. The fourth-order valence-corrected chi connectivity index (χ4v) is 2.78. The van der Waals surface area contributed by atoms with Gasteiger partial charge >= 0.3 is 0 Å². The summed E-state index contributed by atoms with van der Waals surface area (Å²) in [7, 11) is -3.67. The van der Waals surface area contributed by atoms with Gasteiger partial charge in [0, 0.05) is 0 Å². The summed E-state index contributed by atoms with van der Waals surface area (Å²) < 4.78 is 24.9. The van der Waals surface area contributed by atoms with E-state index in [1.165, 1.54) is 24.4 Å². The quantitative estimate of drug-likeness (QED) is 0.827. The van der Waals surface area contributed by atoms with Crippen LogP contribution in [0.25, 0.3) is 0 Å². The molecule has 0 aliphatic rings. The van der Waals surface area contributed by atoms with Crippen molar-refractivity contribution in [1.82, 2.24) is 9.19 Å². The second-order valence-electron chi connectivity index (χ2n) is 3.31. The summed E-state index contributed by atoms with van der Waals surface area (Å²) in [5, 5.41) is 3.75. The standard InChI is InChI=1S/C10H9ClN2O2S/c1-8-2-4-9(5-3-8)16(14,15)13-10(11)6-7-12-13/h2-7H,1H3. The number of hydrogen-bond donors (Lipinski definition) is 0. The first-order valence-electron chi connectivity index (χ1n) is 4.53. The van der Waals surface area contributed by atoms with Gasteiger partial charge in [-0.1, -0.05) is 29.3 Å². The lowest BCUT2D eigenvalue weighted by Gasteiger charge is -2.05. The normalized spacial score (nSPS) is 11.6. The highest BCUT2D eigenvalue weighted by Crippen LogP contribution is 2.18. The molecule has 84 valence electrons. The van der Waals surface area contributed by atoms with E-state index in [4.69, 9.17) is 11.6 Å². The Morgan fingerprint density at radius 2 is 1.81 bits per heavy atom. The predicted octanol–water partition coefficient (Wildman–Crippen LogP) is 2.08. The maximum Gasteiger partial charge on any atom is 0.284 e. The zero-order valence-electron chi connectivity index (χ0n) is 8.46. The fourth-order valence-electron chi connectivity index (χ4n) is 1.26. The van der Waals surface area contributed by atoms with Crippen molar-refractivity contribution < 1.29 is 8.42 Å². The zero-order chi connectivity index (χ0) is 11.8. The van der Waals surface area contributed by atoms with Crippen LogP contribution in [0.5, 0.6) is 0 Å². The largest absolute Gasteiger partial charge is 0.284 e. The van der Waals surface area contributed by atoms with E-state index in [-0.39, 0.29) is 10.0 Å². The number of benzene rings is 1. The van der Waals surface area contributed by atoms with E-state index >= 15 is 0 Å². The number of hydrogen-bond acceptors (Lipinski definition) is 3. The van der Waals surface area contributed by atoms with Crippen molar-refractivity contribution in [3.8, 4) is 0 Å². The first kappa shape index (κ1) is 11.2. The summed E-state index contributed by atoms with van der Waals surface area (Å²) in [6.45, 7) is 1.89. The molecule has 0 amide bonds.